The van der Waals surface area contributed by atoms with Gasteiger partial charge in [-0.3, -0.25) is 0 Å². The molecule has 116 valence electrons. The highest BCUT2D eigenvalue weighted by molar-refractivity contribution is 8.13. The lowest BCUT2D eigenvalue weighted by Gasteiger charge is -2.13. The van der Waals surface area contributed by atoms with E-state index in [1.54, 1.807) is 13.8 Å². The van der Waals surface area contributed by atoms with Crippen LogP contribution in [0.25, 0.3) is 0 Å². The molecule has 0 bridgehead atoms. The first-order chi connectivity index (χ1) is 9.76. The minimum atomic E-state index is -1.57. The number of aliphatic hydroxyl groups excluding tert-OH is 1. The molecule has 1 heterocycles. The van der Waals surface area contributed by atoms with E-state index >= 15 is 0 Å². The molecule has 0 aliphatic carbocycles. The molecule has 1 N–H and O–H groups in total. The minimum absolute atomic E-state index is 0.324. The van der Waals surface area contributed by atoms with E-state index in [1.807, 2.05) is 0 Å². The van der Waals surface area contributed by atoms with Gasteiger partial charge in [-0.15, -0.1) is 11.8 Å². The summed E-state index contributed by atoms with van der Waals surface area (Å²) in [7, 11) is 0. The highest BCUT2D eigenvalue weighted by atomic mass is 32.2. The van der Waals surface area contributed by atoms with E-state index in [0.717, 1.165) is 11.8 Å². The Morgan fingerprint density at radius 2 is 1.62 bits per heavy atom. The fourth-order valence-electron chi connectivity index (χ4n) is 1.82. The van der Waals surface area contributed by atoms with Crippen LogP contribution in [0.1, 0.15) is 31.4 Å². The van der Waals surface area contributed by atoms with Crippen LogP contribution in [0.15, 0.2) is 5.16 Å². The molecule has 0 saturated heterocycles. The Kier molecular flexibility index (Phi) is 4.48. The predicted molar refractivity (Wildman–Crippen MR) is 70.7 cm³/mol. The molecule has 1 aliphatic rings. The SMILES string of the molecule is CC1(C)CC(SCc2c(F)c(F)c(CO)c(F)c2F)=NO1. The van der Waals surface area contributed by atoms with Crippen LogP contribution in [0, 0.1) is 23.3 Å². The number of halogens is 4. The molecule has 0 spiro atoms. The number of rotatable bonds is 3. The second-order valence-electron chi connectivity index (χ2n) is 5.17. The van der Waals surface area contributed by atoms with Crippen molar-refractivity contribution in [2.45, 2.75) is 38.2 Å². The Morgan fingerprint density at radius 3 is 2.05 bits per heavy atom. The van der Waals surface area contributed by atoms with E-state index in [4.69, 9.17) is 9.94 Å². The second-order valence-corrected chi connectivity index (χ2v) is 6.22. The average molecular weight is 323 g/mol. The largest absolute Gasteiger partial charge is 0.391 e. The fourth-order valence-corrected chi connectivity index (χ4v) is 2.93. The minimum Gasteiger partial charge on any atom is -0.391 e. The van der Waals surface area contributed by atoms with Gasteiger partial charge in [-0.25, -0.2) is 17.6 Å². The molecule has 0 radical (unpaired) electrons. The maximum atomic E-state index is 13.7. The molecule has 0 fully saturated rings. The van der Waals surface area contributed by atoms with Crippen molar-refractivity contribution < 1.29 is 27.5 Å². The van der Waals surface area contributed by atoms with Crippen LogP contribution >= 0.6 is 11.8 Å². The number of benzene rings is 1. The lowest BCUT2D eigenvalue weighted by Crippen LogP contribution is -2.18. The molecule has 8 heteroatoms. The van der Waals surface area contributed by atoms with Crippen molar-refractivity contribution in [2.24, 2.45) is 5.16 Å². The van der Waals surface area contributed by atoms with Crippen LogP contribution in [0.4, 0.5) is 17.6 Å². The number of aliphatic hydroxyl groups is 1. The molecule has 1 aliphatic heterocycles. The van der Waals surface area contributed by atoms with Crippen LogP contribution in [-0.4, -0.2) is 15.8 Å². The molecular weight excluding hydrogens is 310 g/mol. The lowest BCUT2D eigenvalue weighted by atomic mass is 10.1. The van der Waals surface area contributed by atoms with E-state index in [-0.39, 0.29) is 5.75 Å². The molecule has 0 amide bonds. The Labute approximate surface area is 123 Å². The van der Waals surface area contributed by atoms with Gasteiger partial charge in [-0.1, -0.05) is 5.16 Å². The highest BCUT2D eigenvalue weighted by Crippen LogP contribution is 2.32. The monoisotopic (exact) mass is 323 g/mol. The Bertz CT molecular complexity index is 575. The summed E-state index contributed by atoms with van der Waals surface area (Å²) in [6.07, 6.45) is 0.445. The molecule has 2 rings (SSSR count). The standard InChI is InChI=1S/C13H13F4NO2S/c1-13(2)3-8(18-20-13)21-5-7-11(16)9(14)6(4-19)10(15)12(7)17/h19H,3-5H2,1-2H3. The molecule has 0 aromatic heterocycles. The molecule has 3 nitrogen and oxygen atoms in total. The maximum Gasteiger partial charge on any atom is 0.167 e. The lowest BCUT2D eigenvalue weighted by molar-refractivity contribution is 0.0123. The normalized spacial score (nSPS) is 16.8. The number of hydrogen-bond acceptors (Lipinski definition) is 4. The first-order valence-electron chi connectivity index (χ1n) is 6.09. The van der Waals surface area contributed by atoms with E-state index in [0.29, 0.717) is 11.5 Å². The van der Waals surface area contributed by atoms with Gasteiger partial charge in [0.25, 0.3) is 0 Å². The van der Waals surface area contributed by atoms with Crippen molar-refractivity contribution in [1.82, 2.24) is 0 Å². The van der Waals surface area contributed by atoms with Gasteiger partial charge in [0, 0.05) is 17.7 Å². The summed E-state index contributed by atoms with van der Waals surface area (Å²) >= 11 is 0.948. The third-order valence-electron chi connectivity index (χ3n) is 2.96. The van der Waals surface area contributed by atoms with Crippen molar-refractivity contribution in [3.63, 3.8) is 0 Å². The van der Waals surface area contributed by atoms with E-state index in [9.17, 15) is 17.6 Å². The van der Waals surface area contributed by atoms with Gasteiger partial charge in [0.1, 0.15) is 10.6 Å². The summed E-state index contributed by atoms with van der Waals surface area (Å²) in [6.45, 7) is 2.47. The summed E-state index contributed by atoms with van der Waals surface area (Å²) in [5.41, 5.74) is -2.24. The summed E-state index contributed by atoms with van der Waals surface area (Å²) in [5.74, 6) is -6.46. The zero-order valence-corrected chi connectivity index (χ0v) is 12.2. The summed E-state index contributed by atoms with van der Waals surface area (Å²) in [6, 6.07) is 0. The van der Waals surface area contributed by atoms with E-state index in [2.05, 4.69) is 5.16 Å². The van der Waals surface area contributed by atoms with Crippen molar-refractivity contribution in [1.29, 1.82) is 0 Å². The fraction of sp³-hybridized carbons (Fsp3) is 0.462. The summed E-state index contributed by atoms with van der Waals surface area (Å²) in [4.78, 5) is 5.08. The molecule has 0 atom stereocenters. The average Bonchev–Trinajstić information content (AvgIpc) is 2.77. The third kappa shape index (κ3) is 3.16. The molecule has 1 aromatic carbocycles. The number of nitrogens with zero attached hydrogens (tertiary/aromatic N) is 1. The zero-order valence-electron chi connectivity index (χ0n) is 11.3. The van der Waals surface area contributed by atoms with Crippen molar-refractivity contribution in [2.75, 3.05) is 0 Å². The van der Waals surface area contributed by atoms with Gasteiger partial charge >= 0.3 is 0 Å². The van der Waals surface area contributed by atoms with Crippen LogP contribution in [0.3, 0.4) is 0 Å². The number of hydrogen-bond donors (Lipinski definition) is 1. The van der Waals surface area contributed by atoms with Gasteiger partial charge in [0.15, 0.2) is 23.3 Å². The number of thioether (sulfide) groups is 1. The molecule has 0 saturated carbocycles. The van der Waals surface area contributed by atoms with Gasteiger partial charge in [0.2, 0.25) is 0 Å². The quantitative estimate of drug-likeness (QED) is 0.684. The second kappa shape index (κ2) is 5.84. The van der Waals surface area contributed by atoms with Gasteiger partial charge < -0.3 is 9.94 Å². The highest BCUT2D eigenvalue weighted by Gasteiger charge is 2.30. The topological polar surface area (TPSA) is 41.8 Å². The third-order valence-corrected chi connectivity index (χ3v) is 3.94. The van der Waals surface area contributed by atoms with Crippen LogP contribution in [0.5, 0.6) is 0 Å². The van der Waals surface area contributed by atoms with Crippen LogP contribution < -0.4 is 0 Å². The first-order valence-corrected chi connectivity index (χ1v) is 7.08. The van der Waals surface area contributed by atoms with E-state index in [1.165, 1.54) is 0 Å². The van der Waals surface area contributed by atoms with Gasteiger partial charge in [-0.2, -0.15) is 0 Å². The maximum absolute atomic E-state index is 13.7. The Morgan fingerprint density at radius 1 is 1.10 bits per heavy atom. The van der Waals surface area contributed by atoms with Crippen molar-refractivity contribution >= 4 is 16.8 Å². The van der Waals surface area contributed by atoms with Crippen molar-refractivity contribution in [3.8, 4) is 0 Å². The predicted octanol–water partition coefficient (Wildman–Crippen LogP) is 3.48. The molecule has 21 heavy (non-hydrogen) atoms. The molecule has 0 unspecified atom stereocenters. The van der Waals surface area contributed by atoms with Crippen LogP contribution in [-0.2, 0) is 17.2 Å². The summed E-state index contributed by atoms with van der Waals surface area (Å²) < 4.78 is 54.5. The Balaban J connectivity index is 2.22. The van der Waals surface area contributed by atoms with E-state index < -0.39 is 46.6 Å². The number of oxime groups is 1. The smallest absolute Gasteiger partial charge is 0.167 e. The van der Waals surface area contributed by atoms with Crippen molar-refractivity contribution in [3.05, 3.63) is 34.4 Å². The Hall–Kier alpha value is -1.28. The summed E-state index contributed by atoms with van der Waals surface area (Å²) in [5, 5.41) is 13.0. The van der Waals surface area contributed by atoms with Gasteiger partial charge in [-0.05, 0) is 13.8 Å². The van der Waals surface area contributed by atoms with Crippen LogP contribution in [0.2, 0.25) is 0 Å². The van der Waals surface area contributed by atoms with Gasteiger partial charge in [0.05, 0.1) is 12.2 Å². The molecule has 1 aromatic rings. The molecular formula is C13H13F4NO2S. The zero-order chi connectivity index (χ0) is 15.8. The first kappa shape index (κ1) is 16.1.